The maximum atomic E-state index is 2.31. The van der Waals surface area contributed by atoms with Gasteiger partial charge in [-0.2, -0.15) is 0 Å². The van der Waals surface area contributed by atoms with Crippen LogP contribution < -0.4 is 0 Å². The molecular formula is C28H22. The average molecular weight is 358 g/mol. The Hall–Kier alpha value is -3.38. The van der Waals surface area contributed by atoms with Crippen molar-refractivity contribution in [3.05, 3.63) is 109 Å². The van der Waals surface area contributed by atoms with Crippen LogP contribution in [0.25, 0.3) is 43.8 Å². The first-order chi connectivity index (χ1) is 13.9. The summed E-state index contributed by atoms with van der Waals surface area (Å²) in [6.45, 7) is 2.24. The molecule has 28 heavy (non-hydrogen) atoms. The van der Waals surface area contributed by atoms with E-state index in [0.29, 0.717) is 0 Å². The van der Waals surface area contributed by atoms with Crippen molar-refractivity contribution >= 4 is 21.5 Å². The Bertz CT molecular complexity index is 1270. The predicted octanol–water partition coefficient (Wildman–Crippen LogP) is 7.89. The minimum absolute atomic E-state index is 1.03. The molecule has 0 aliphatic heterocycles. The van der Waals surface area contributed by atoms with Crippen molar-refractivity contribution in [1.29, 1.82) is 0 Å². The number of benzene rings is 5. The first-order valence-corrected chi connectivity index (χ1v) is 9.95. The third-order valence-corrected chi connectivity index (χ3v) is 5.68. The maximum absolute atomic E-state index is 2.31. The fourth-order valence-electron chi connectivity index (χ4n) is 4.32. The highest BCUT2D eigenvalue weighted by atomic mass is 14.2. The zero-order valence-corrected chi connectivity index (χ0v) is 16.0. The fourth-order valence-corrected chi connectivity index (χ4v) is 4.32. The second kappa shape index (κ2) is 6.98. The van der Waals surface area contributed by atoms with E-state index in [1.165, 1.54) is 49.4 Å². The van der Waals surface area contributed by atoms with Crippen LogP contribution in [0.2, 0.25) is 0 Å². The summed E-state index contributed by atoms with van der Waals surface area (Å²) in [6.07, 6.45) is 1.03. The van der Waals surface area contributed by atoms with Gasteiger partial charge in [0.15, 0.2) is 0 Å². The fraction of sp³-hybridized carbons (Fsp3) is 0.0714. The average Bonchev–Trinajstić information content (AvgIpc) is 2.78. The van der Waals surface area contributed by atoms with E-state index in [9.17, 15) is 0 Å². The van der Waals surface area contributed by atoms with Gasteiger partial charge in [-0.15, -0.1) is 0 Å². The van der Waals surface area contributed by atoms with Crippen LogP contribution in [-0.2, 0) is 6.42 Å². The third-order valence-electron chi connectivity index (χ3n) is 5.68. The molecule has 134 valence electrons. The molecule has 0 fully saturated rings. The van der Waals surface area contributed by atoms with E-state index in [-0.39, 0.29) is 0 Å². The lowest BCUT2D eigenvalue weighted by Gasteiger charge is -2.16. The molecular weight excluding hydrogens is 336 g/mol. The van der Waals surface area contributed by atoms with Crippen molar-refractivity contribution in [3.8, 4) is 22.3 Å². The normalized spacial score (nSPS) is 11.2. The van der Waals surface area contributed by atoms with Gasteiger partial charge in [0.25, 0.3) is 0 Å². The van der Waals surface area contributed by atoms with E-state index in [2.05, 4.69) is 110 Å². The Balaban J connectivity index is 1.92. The lowest BCUT2D eigenvalue weighted by Crippen LogP contribution is -1.91. The van der Waals surface area contributed by atoms with Crippen molar-refractivity contribution in [2.75, 3.05) is 0 Å². The summed E-state index contributed by atoms with van der Waals surface area (Å²) in [6, 6.07) is 37.4. The van der Waals surface area contributed by atoms with Crippen molar-refractivity contribution < 1.29 is 0 Å². The molecule has 0 heteroatoms. The molecule has 0 atom stereocenters. The van der Waals surface area contributed by atoms with Gasteiger partial charge >= 0.3 is 0 Å². The lowest BCUT2D eigenvalue weighted by molar-refractivity contribution is 1.16. The minimum Gasteiger partial charge on any atom is -0.0622 e. The second-order valence-corrected chi connectivity index (χ2v) is 7.25. The molecule has 0 radical (unpaired) electrons. The van der Waals surface area contributed by atoms with Crippen LogP contribution in [-0.4, -0.2) is 0 Å². The largest absolute Gasteiger partial charge is 0.0622 e. The van der Waals surface area contributed by atoms with Crippen molar-refractivity contribution in [1.82, 2.24) is 0 Å². The molecule has 0 aliphatic carbocycles. The summed E-state index contributed by atoms with van der Waals surface area (Å²) < 4.78 is 0. The van der Waals surface area contributed by atoms with Crippen LogP contribution in [0.3, 0.4) is 0 Å². The SMILES string of the molecule is CCc1ccc(-c2cccc3ccccc23)c2c(-c3ccccc3)cccc12. The van der Waals surface area contributed by atoms with Gasteiger partial charge in [0.05, 0.1) is 0 Å². The molecule has 0 aromatic heterocycles. The molecule has 0 N–H and O–H groups in total. The number of hydrogen-bond donors (Lipinski definition) is 0. The van der Waals surface area contributed by atoms with Gasteiger partial charge in [-0.1, -0.05) is 110 Å². The van der Waals surface area contributed by atoms with Crippen molar-refractivity contribution in [2.24, 2.45) is 0 Å². The summed E-state index contributed by atoms with van der Waals surface area (Å²) in [5.41, 5.74) is 6.58. The quantitative estimate of drug-likeness (QED) is 0.307. The number of fused-ring (bicyclic) bond motifs is 2. The van der Waals surface area contributed by atoms with E-state index in [1.54, 1.807) is 0 Å². The first kappa shape index (κ1) is 16.8. The van der Waals surface area contributed by atoms with Gasteiger partial charge in [-0.3, -0.25) is 0 Å². The number of aryl methyl sites for hydroxylation is 1. The summed E-state index contributed by atoms with van der Waals surface area (Å²) in [4.78, 5) is 0. The standard InChI is InChI=1S/C28H22/c1-2-20-18-19-27(26-17-8-13-21-12-6-7-14-23(21)26)28-24(20)15-9-16-25(28)22-10-4-3-5-11-22/h3-19H,2H2,1H3. The Morgan fingerprint density at radius 3 is 2.04 bits per heavy atom. The van der Waals surface area contributed by atoms with Gasteiger partial charge < -0.3 is 0 Å². The zero-order valence-electron chi connectivity index (χ0n) is 16.0. The molecule has 5 aromatic rings. The van der Waals surface area contributed by atoms with Crippen LogP contribution >= 0.6 is 0 Å². The third kappa shape index (κ3) is 2.70. The summed E-state index contributed by atoms with van der Waals surface area (Å²) in [7, 11) is 0. The molecule has 0 unspecified atom stereocenters. The Labute approximate surface area is 166 Å². The van der Waals surface area contributed by atoms with Gasteiger partial charge in [0.2, 0.25) is 0 Å². The molecule has 0 nitrogen and oxygen atoms in total. The highest BCUT2D eigenvalue weighted by Gasteiger charge is 2.14. The number of rotatable bonds is 3. The van der Waals surface area contributed by atoms with E-state index in [0.717, 1.165) is 6.42 Å². The molecule has 0 saturated carbocycles. The monoisotopic (exact) mass is 358 g/mol. The van der Waals surface area contributed by atoms with Crippen LogP contribution in [0, 0.1) is 0 Å². The van der Waals surface area contributed by atoms with E-state index in [4.69, 9.17) is 0 Å². The van der Waals surface area contributed by atoms with Crippen LogP contribution in [0.4, 0.5) is 0 Å². The highest BCUT2D eigenvalue weighted by molar-refractivity contribution is 6.11. The van der Waals surface area contributed by atoms with Crippen LogP contribution in [0.1, 0.15) is 12.5 Å². The van der Waals surface area contributed by atoms with Gasteiger partial charge in [0.1, 0.15) is 0 Å². The smallest absolute Gasteiger partial charge is 0.00238 e. The van der Waals surface area contributed by atoms with Crippen molar-refractivity contribution in [2.45, 2.75) is 13.3 Å². The topological polar surface area (TPSA) is 0 Å². The molecule has 5 aromatic carbocycles. The summed E-state index contributed by atoms with van der Waals surface area (Å²) in [5, 5.41) is 5.29. The molecule has 0 bridgehead atoms. The van der Waals surface area contributed by atoms with Gasteiger partial charge in [-0.05, 0) is 55.8 Å². The van der Waals surface area contributed by atoms with E-state index >= 15 is 0 Å². The van der Waals surface area contributed by atoms with Gasteiger partial charge in [0, 0.05) is 0 Å². The second-order valence-electron chi connectivity index (χ2n) is 7.25. The summed E-state index contributed by atoms with van der Waals surface area (Å²) >= 11 is 0. The van der Waals surface area contributed by atoms with E-state index < -0.39 is 0 Å². The highest BCUT2D eigenvalue weighted by Crippen LogP contribution is 2.40. The number of hydrogen-bond acceptors (Lipinski definition) is 0. The minimum atomic E-state index is 1.03. The maximum Gasteiger partial charge on any atom is -0.00238 e. The lowest BCUT2D eigenvalue weighted by atomic mass is 9.87. The molecule has 5 rings (SSSR count). The zero-order chi connectivity index (χ0) is 18.9. The molecule has 0 heterocycles. The molecule has 0 saturated heterocycles. The molecule has 0 aliphatic rings. The molecule has 0 amide bonds. The van der Waals surface area contributed by atoms with Crippen molar-refractivity contribution in [3.63, 3.8) is 0 Å². The van der Waals surface area contributed by atoms with Crippen LogP contribution in [0.15, 0.2) is 103 Å². The Kier molecular flexibility index (Phi) is 4.18. The van der Waals surface area contributed by atoms with Crippen LogP contribution in [0.5, 0.6) is 0 Å². The Morgan fingerprint density at radius 1 is 0.500 bits per heavy atom. The first-order valence-electron chi connectivity index (χ1n) is 9.95. The predicted molar refractivity (Wildman–Crippen MR) is 122 cm³/mol. The summed E-state index contributed by atoms with van der Waals surface area (Å²) in [5.74, 6) is 0. The Morgan fingerprint density at radius 2 is 1.18 bits per heavy atom. The molecule has 0 spiro atoms. The van der Waals surface area contributed by atoms with E-state index in [1.807, 2.05) is 0 Å². The van der Waals surface area contributed by atoms with Gasteiger partial charge in [-0.25, -0.2) is 0 Å².